The summed E-state index contributed by atoms with van der Waals surface area (Å²) in [6.45, 7) is -7.33. The van der Waals surface area contributed by atoms with Gasteiger partial charge in [-0.3, -0.25) is 0 Å². The molecular formula is C14H20B2O16-2. The molecule has 6 N–H and O–H groups in total. The molecule has 0 aliphatic carbocycles. The lowest BCUT2D eigenvalue weighted by atomic mass is 9.85. The fraction of sp³-hybridized carbons (Fsp3) is 0.857. The van der Waals surface area contributed by atoms with E-state index >= 15 is 0 Å². The van der Waals surface area contributed by atoms with Crippen molar-refractivity contribution in [2.24, 2.45) is 0 Å². The summed E-state index contributed by atoms with van der Waals surface area (Å²) >= 11 is 0. The Balaban J connectivity index is 1.60. The summed E-state index contributed by atoms with van der Waals surface area (Å²) in [4.78, 5) is 23.4. The van der Waals surface area contributed by atoms with E-state index in [0.717, 1.165) is 0 Å². The number of rotatable bonds is 2. The monoisotopic (exact) mass is 466 g/mol. The minimum atomic E-state index is -3.79. The summed E-state index contributed by atoms with van der Waals surface area (Å²) in [5, 5.41) is 61.6. The molecule has 0 aromatic heterocycles. The molecule has 18 heteroatoms. The smallest absolute Gasteiger partial charge is 0.517 e. The van der Waals surface area contributed by atoms with E-state index in [4.69, 9.17) is 37.2 Å². The molecule has 5 aliphatic rings. The fourth-order valence-corrected chi connectivity index (χ4v) is 4.53. The van der Waals surface area contributed by atoms with E-state index in [1.54, 1.807) is 0 Å². The van der Waals surface area contributed by atoms with Crippen molar-refractivity contribution in [1.29, 1.82) is 0 Å². The fourth-order valence-electron chi connectivity index (χ4n) is 4.53. The van der Waals surface area contributed by atoms with E-state index in [1.807, 2.05) is 0 Å². The predicted molar refractivity (Wildman–Crippen MR) is 91.9 cm³/mol. The number of carbonyl (C=O) groups is 2. The van der Waals surface area contributed by atoms with Gasteiger partial charge in [0.05, 0.1) is 24.4 Å². The van der Waals surface area contributed by atoms with Crippen molar-refractivity contribution < 1.29 is 77.5 Å². The summed E-state index contributed by atoms with van der Waals surface area (Å²) in [6.07, 6.45) is -17.8. The normalized spacial score (nSPS) is 55.0. The first-order chi connectivity index (χ1) is 15.0. The van der Waals surface area contributed by atoms with Gasteiger partial charge in [-0.2, -0.15) is 0 Å². The zero-order chi connectivity index (χ0) is 23.0. The second-order valence-corrected chi connectivity index (χ2v) is 8.12. The number of carboxylic acid groups (broad SMARTS) is 2. The third-order valence-electron chi connectivity index (χ3n) is 6.10. The van der Waals surface area contributed by atoms with Crippen LogP contribution >= 0.6 is 0 Å². The van der Waals surface area contributed by atoms with Crippen LogP contribution in [0.1, 0.15) is 0 Å². The summed E-state index contributed by atoms with van der Waals surface area (Å²) in [7, 11) is 0. The van der Waals surface area contributed by atoms with Gasteiger partial charge in [0.15, 0.2) is 0 Å². The minimum Gasteiger partial charge on any atom is -0.517 e. The molecule has 10 unspecified atom stereocenters. The van der Waals surface area contributed by atoms with Crippen LogP contribution in [0.4, 0.5) is 0 Å². The van der Waals surface area contributed by atoms with Crippen LogP contribution in [-0.2, 0) is 46.8 Å². The van der Waals surface area contributed by atoms with Gasteiger partial charge >= 0.3 is 25.9 Å². The summed E-state index contributed by atoms with van der Waals surface area (Å²) in [5.41, 5.74) is 0. The van der Waals surface area contributed by atoms with Crippen LogP contribution in [0.15, 0.2) is 0 Å². The van der Waals surface area contributed by atoms with Crippen LogP contribution in [0.3, 0.4) is 0 Å². The Morgan fingerprint density at radius 1 is 0.594 bits per heavy atom. The molecule has 32 heavy (non-hydrogen) atoms. The first-order valence-corrected chi connectivity index (χ1v) is 9.83. The van der Waals surface area contributed by atoms with Crippen LogP contribution in [0.5, 0.6) is 0 Å². The first-order valence-electron chi connectivity index (χ1n) is 9.83. The number of hydrogen-bond donors (Lipinski definition) is 6. The van der Waals surface area contributed by atoms with Crippen LogP contribution in [0.2, 0.25) is 0 Å². The molecule has 5 heterocycles. The average Bonchev–Trinajstić information content (AvgIpc) is 3.36. The highest BCUT2D eigenvalue weighted by molar-refractivity contribution is 6.55. The van der Waals surface area contributed by atoms with Crippen molar-refractivity contribution >= 4 is 25.9 Å². The van der Waals surface area contributed by atoms with Crippen molar-refractivity contribution in [3.05, 3.63) is 0 Å². The molecule has 6 bridgehead atoms. The Morgan fingerprint density at radius 2 is 1.00 bits per heavy atom. The molecule has 2 spiro atoms. The quantitative estimate of drug-likeness (QED) is 0.209. The van der Waals surface area contributed by atoms with Gasteiger partial charge in [-0.05, 0) is 0 Å². The number of fused-ring (bicyclic) bond motifs is 4. The second kappa shape index (κ2) is 7.55. The summed E-state index contributed by atoms with van der Waals surface area (Å²) in [5.74, 6) is -3.41. The number of carboxylic acids is 2. The molecule has 0 aromatic rings. The average molecular weight is 466 g/mol. The maximum atomic E-state index is 11.7. The topological polar surface area (TPSA) is 229 Å². The SMILES string of the molecule is O=C(O)C1O[B-]23OC(C(=O)O)C(O)C(O2)C(O)C2CO[B-]4(OCC(O4)C(O)C(O3)C1O)O2. The molecule has 0 radical (unpaired) electrons. The molecule has 0 saturated carbocycles. The van der Waals surface area contributed by atoms with E-state index in [1.165, 1.54) is 0 Å². The summed E-state index contributed by atoms with van der Waals surface area (Å²) < 4.78 is 43.2. The van der Waals surface area contributed by atoms with Crippen molar-refractivity contribution in [1.82, 2.24) is 0 Å². The Labute approximate surface area is 178 Å². The molecule has 5 rings (SSSR count). The van der Waals surface area contributed by atoms with E-state index < -0.39 is 86.9 Å². The van der Waals surface area contributed by atoms with Gasteiger partial charge in [-0.25, -0.2) is 9.59 Å². The van der Waals surface area contributed by atoms with Crippen molar-refractivity contribution in [3.8, 4) is 0 Å². The first kappa shape index (κ1) is 22.4. The second-order valence-electron chi connectivity index (χ2n) is 8.12. The molecule has 16 nitrogen and oxygen atoms in total. The van der Waals surface area contributed by atoms with Crippen molar-refractivity contribution in [3.63, 3.8) is 0 Å². The van der Waals surface area contributed by atoms with E-state index in [2.05, 4.69) is 0 Å². The van der Waals surface area contributed by atoms with Gasteiger partial charge < -0.3 is 67.9 Å². The number of hydrogen-bond acceptors (Lipinski definition) is 14. The molecule has 5 aliphatic heterocycles. The van der Waals surface area contributed by atoms with Gasteiger partial charge in [0.2, 0.25) is 0 Å². The molecule has 0 aromatic carbocycles. The number of aliphatic carboxylic acids is 2. The van der Waals surface area contributed by atoms with Gasteiger partial charge in [-0.15, -0.1) is 0 Å². The molecular weight excluding hydrogens is 446 g/mol. The number of aliphatic hydroxyl groups excluding tert-OH is 4. The molecule has 180 valence electrons. The van der Waals surface area contributed by atoms with Crippen LogP contribution in [0, 0.1) is 0 Å². The maximum Gasteiger partial charge on any atom is 0.533 e. The van der Waals surface area contributed by atoms with Gasteiger partial charge in [0, 0.05) is 13.2 Å². The predicted octanol–water partition coefficient (Wildman–Crippen LogP) is -5.12. The van der Waals surface area contributed by atoms with Gasteiger partial charge in [0.25, 0.3) is 0 Å². The lowest BCUT2D eigenvalue weighted by molar-refractivity contribution is -0.260. The molecule has 5 fully saturated rings. The van der Waals surface area contributed by atoms with E-state index in [9.17, 15) is 40.2 Å². The van der Waals surface area contributed by atoms with Crippen molar-refractivity contribution in [2.75, 3.05) is 13.2 Å². The lowest BCUT2D eigenvalue weighted by Crippen LogP contribution is -2.75. The third-order valence-corrected chi connectivity index (χ3v) is 6.10. The van der Waals surface area contributed by atoms with Crippen LogP contribution in [0.25, 0.3) is 0 Å². The minimum absolute atomic E-state index is 0.319. The lowest BCUT2D eigenvalue weighted by Gasteiger charge is -2.58. The summed E-state index contributed by atoms with van der Waals surface area (Å²) in [6, 6.07) is 0. The standard InChI is InChI=1S/C14H20B2O16/c17-5-3-1-25-15(27-3)26-2-4(28-15)6(18)10-8(20)12(14(23)24)32-16(30-10)29-9(5)7(19)11(31-16)13(21)22/h3-12,17-20H,1-2H2,(H,21,22)(H,23,24)/q-2. The Morgan fingerprint density at radius 3 is 1.38 bits per heavy atom. The maximum absolute atomic E-state index is 11.7. The Kier molecular flexibility index (Phi) is 5.28. The number of aliphatic hydroxyl groups is 4. The zero-order valence-corrected chi connectivity index (χ0v) is 16.1. The molecule has 5 saturated heterocycles. The van der Waals surface area contributed by atoms with Gasteiger partial charge in [-0.1, -0.05) is 0 Å². The molecule has 10 atom stereocenters. The van der Waals surface area contributed by atoms with Crippen LogP contribution < -0.4 is 0 Å². The van der Waals surface area contributed by atoms with Crippen LogP contribution in [-0.4, -0.2) is 131 Å². The van der Waals surface area contributed by atoms with Gasteiger partial charge in [0.1, 0.15) is 36.6 Å². The highest BCUT2D eigenvalue weighted by Gasteiger charge is 2.61. The Hall–Kier alpha value is -1.41. The highest BCUT2D eigenvalue weighted by atomic mass is 16.9. The highest BCUT2D eigenvalue weighted by Crippen LogP contribution is 2.40. The van der Waals surface area contributed by atoms with E-state index in [0.29, 0.717) is 0 Å². The largest absolute Gasteiger partial charge is 0.533 e. The van der Waals surface area contributed by atoms with Crippen molar-refractivity contribution in [2.45, 2.75) is 61.0 Å². The zero-order valence-electron chi connectivity index (χ0n) is 16.1. The Bertz CT molecular complexity index is 733. The molecule has 0 amide bonds. The van der Waals surface area contributed by atoms with E-state index in [-0.39, 0.29) is 13.2 Å². The third kappa shape index (κ3) is 3.35.